The topological polar surface area (TPSA) is 23.6 Å². The van der Waals surface area contributed by atoms with E-state index in [0.717, 1.165) is 19.0 Å². The van der Waals surface area contributed by atoms with Gasteiger partial charge in [0.15, 0.2) is 0 Å². The molecule has 1 aliphatic carbocycles. The van der Waals surface area contributed by atoms with E-state index in [1.807, 2.05) is 11.9 Å². The van der Waals surface area contributed by atoms with E-state index in [9.17, 15) is 4.79 Å². The van der Waals surface area contributed by atoms with Crippen LogP contribution in [0.4, 0.5) is 4.79 Å². The normalized spacial score (nSPS) is 30.9. The molecule has 0 aromatic heterocycles. The number of urea groups is 1. The van der Waals surface area contributed by atoms with Crippen molar-refractivity contribution in [2.75, 3.05) is 20.1 Å². The van der Waals surface area contributed by atoms with Crippen LogP contribution in [0.15, 0.2) is 0 Å². The van der Waals surface area contributed by atoms with Crippen LogP contribution < -0.4 is 0 Å². The van der Waals surface area contributed by atoms with Crippen molar-refractivity contribution < 1.29 is 4.79 Å². The van der Waals surface area contributed by atoms with Gasteiger partial charge in [-0.15, -0.1) is 0 Å². The fourth-order valence-electron chi connectivity index (χ4n) is 2.99. The zero-order valence-corrected chi connectivity index (χ0v) is 11.0. The molecule has 0 unspecified atom stereocenters. The number of nitrogens with zero attached hydrogens (tertiary/aromatic N) is 2. The van der Waals surface area contributed by atoms with Gasteiger partial charge in [-0.05, 0) is 30.6 Å². The predicted octanol–water partition coefficient (Wildman–Crippen LogP) is 2.57. The Morgan fingerprint density at radius 2 is 1.88 bits per heavy atom. The molecule has 16 heavy (non-hydrogen) atoms. The van der Waals surface area contributed by atoms with Gasteiger partial charge in [0, 0.05) is 26.2 Å². The molecule has 2 rings (SSSR count). The minimum Gasteiger partial charge on any atom is -0.326 e. The van der Waals surface area contributed by atoms with Crippen molar-refractivity contribution >= 4 is 6.03 Å². The highest BCUT2D eigenvalue weighted by Crippen LogP contribution is 2.40. The van der Waals surface area contributed by atoms with E-state index in [1.165, 1.54) is 19.3 Å². The van der Waals surface area contributed by atoms with E-state index < -0.39 is 0 Å². The van der Waals surface area contributed by atoms with Gasteiger partial charge < -0.3 is 9.80 Å². The van der Waals surface area contributed by atoms with Gasteiger partial charge in [0.1, 0.15) is 0 Å². The molecule has 2 fully saturated rings. The molecule has 2 amide bonds. The van der Waals surface area contributed by atoms with Crippen LogP contribution in [0.25, 0.3) is 0 Å². The molecule has 1 aliphatic heterocycles. The highest BCUT2D eigenvalue weighted by atomic mass is 16.2. The van der Waals surface area contributed by atoms with Gasteiger partial charge >= 0.3 is 6.03 Å². The van der Waals surface area contributed by atoms with Crippen molar-refractivity contribution in [1.29, 1.82) is 0 Å². The third-order valence-electron chi connectivity index (χ3n) is 3.80. The Morgan fingerprint density at radius 3 is 2.31 bits per heavy atom. The largest absolute Gasteiger partial charge is 0.326 e. The first-order chi connectivity index (χ1) is 7.37. The number of carbonyl (C=O) groups is 1. The molecule has 0 bridgehead atoms. The van der Waals surface area contributed by atoms with Gasteiger partial charge in [-0.25, -0.2) is 4.79 Å². The summed E-state index contributed by atoms with van der Waals surface area (Å²) < 4.78 is 0. The highest BCUT2D eigenvalue weighted by Gasteiger charge is 2.40. The van der Waals surface area contributed by atoms with Crippen molar-refractivity contribution in [1.82, 2.24) is 9.80 Å². The molecule has 0 atom stereocenters. The maximum absolute atomic E-state index is 11.8. The lowest BCUT2D eigenvalue weighted by Gasteiger charge is -2.43. The minimum atomic E-state index is 0.235. The molecular weight excluding hydrogens is 200 g/mol. The maximum atomic E-state index is 11.8. The first kappa shape index (κ1) is 11.7. The summed E-state index contributed by atoms with van der Waals surface area (Å²) in [6, 6.07) is 0.768. The van der Waals surface area contributed by atoms with E-state index in [-0.39, 0.29) is 6.03 Å². The summed E-state index contributed by atoms with van der Waals surface area (Å²) in [5.74, 6) is 0.837. The van der Waals surface area contributed by atoms with Crippen LogP contribution in [-0.4, -0.2) is 42.0 Å². The van der Waals surface area contributed by atoms with E-state index in [0.29, 0.717) is 11.5 Å². The Balaban J connectivity index is 1.79. The average Bonchev–Trinajstić information content (AvgIpc) is 2.39. The molecule has 3 nitrogen and oxygen atoms in total. The van der Waals surface area contributed by atoms with Crippen molar-refractivity contribution in [2.24, 2.45) is 11.3 Å². The van der Waals surface area contributed by atoms with Gasteiger partial charge in [-0.3, -0.25) is 0 Å². The second-order valence-electron chi connectivity index (χ2n) is 6.65. The lowest BCUT2D eigenvalue weighted by molar-refractivity contribution is 0.0874. The summed E-state index contributed by atoms with van der Waals surface area (Å²) in [7, 11) is 1.90. The molecule has 0 aromatic carbocycles. The summed E-state index contributed by atoms with van der Waals surface area (Å²) >= 11 is 0. The maximum Gasteiger partial charge on any atom is 0.320 e. The first-order valence-electron chi connectivity index (χ1n) is 6.38. The summed E-state index contributed by atoms with van der Waals surface area (Å²) in [4.78, 5) is 15.7. The van der Waals surface area contributed by atoms with Crippen molar-refractivity contribution in [3.8, 4) is 0 Å². The van der Waals surface area contributed by atoms with Gasteiger partial charge in [0.05, 0.1) is 0 Å². The minimum absolute atomic E-state index is 0.235. The van der Waals surface area contributed by atoms with Crippen LogP contribution in [-0.2, 0) is 0 Å². The Labute approximate surface area is 98.8 Å². The molecule has 0 radical (unpaired) electrons. The molecule has 0 aromatic rings. The van der Waals surface area contributed by atoms with Crippen LogP contribution in [0.3, 0.4) is 0 Å². The lowest BCUT2D eigenvalue weighted by atomic mass is 9.71. The molecule has 0 spiro atoms. The number of hydrogen-bond donors (Lipinski definition) is 0. The van der Waals surface area contributed by atoms with Crippen LogP contribution in [0.2, 0.25) is 0 Å². The molecule has 92 valence electrons. The van der Waals surface area contributed by atoms with Crippen LogP contribution >= 0.6 is 0 Å². The number of carbonyl (C=O) groups excluding carboxylic acids is 1. The van der Waals surface area contributed by atoms with Crippen molar-refractivity contribution in [2.45, 2.75) is 46.1 Å². The average molecular weight is 224 g/mol. The number of hydrogen-bond acceptors (Lipinski definition) is 1. The Hall–Kier alpha value is -0.730. The van der Waals surface area contributed by atoms with Crippen molar-refractivity contribution in [3.05, 3.63) is 0 Å². The number of amides is 2. The number of rotatable bonds is 2. The predicted molar refractivity (Wildman–Crippen MR) is 65.3 cm³/mol. The lowest BCUT2D eigenvalue weighted by Crippen LogP contribution is -2.47. The summed E-state index contributed by atoms with van der Waals surface area (Å²) in [5.41, 5.74) is 0.432. The molecule has 3 heteroatoms. The van der Waals surface area contributed by atoms with Gasteiger partial charge in [-0.2, -0.15) is 0 Å². The first-order valence-corrected chi connectivity index (χ1v) is 6.38. The fourth-order valence-corrected chi connectivity index (χ4v) is 2.99. The monoisotopic (exact) mass is 224 g/mol. The molecular formula is C13H24N2O. The Kier molecular flexibility index (Phi) is 2.89. The van der Waals surface area contributed by atoms with Gasteiger partial charge in [0.2, 0.25) is 0 Å². The fraction of sp³-hybridized carbons (Fsp3) is 0.923. The number of likely N-dealkylation sites (N-methyl/N-ethyl adjacent to an activating group) is 1. The zero-order chi connectivity index (χ0) is 11.9. The molecule has 2 aliphatic rings. The Bertz CT molecular complexity index is 276. The molecule has 1 saturated carbocycles. The van der Waals surface area contributed by atoms with E-state index in [4.69, 9.17) is 0 Å². The SMILES string of the molecule is CN1CCN([C@H]2C[C@@H](CC(C)(C)C)C2)C1=O. The Morgan fingerprint density at radius 1 is 1.25 bits per heavy atom. The molecule has 0 N–H and O–H groups in total. The highest BCUT2D eigenvalue weighted by molar-refractivity contribution is 5.76. The smallest absolute Gasteiger partial charge is 0.320 e. The van der Waals surface area contributed by atoms with Crippen molar-refractivity contribution in [3.63, 3.8) is 0 Å². The third-order valence-corrected chi connectivity index (χ3v) is 3.80. The van der Waals surface area contributed by atoms with Crippen LogP contribution in [0.5, 0.6) is 0 Å². The van der Waals surface area contributed by atoms with Crippen LogP contribution in [0.1, 0.15) is 40.0 Å². The van der Waals surface area contributed by atoms with Gasteiger partial charge in [0.25, 0.3) is 0 Å². The van der Waals surface area contributed by atoms with Gasteiger partial charge in [-0.1, -0.05) is 20.8 Å². The van der Waals surface area contributed by atoms with E-state index >= 15 is 0 Å². The standard InChI is InChI=1S/C13H24N2O/c1-13(2,3)9-10-7-11(8-10)15-6-5-14(4)12(15)16/h10-11H,5-9H2,1-4H3/t10-,11+. The molecule has 1 heterocycles. The second-order valence-corrected chi connectivity index (χ2v) is 6.65. The van der Waals surface area contributed by atoms with Crippen LogP contribution in [0, 0.1) is 11.3 Å². The zero-order valence-electron chi connectivity index (χ0n) is 11.0. The summed E-state index contributed by atoms with van der Waals surface area (Å²) in [5, 5.41) is 0. The second kappa shape index (κ2) is 3.94. The summed E-state index contributed by atoms with van der Waals surface area (Å²) in [6.45, 7) is 8.74. The summed E-state index contributed by atoms with van der Waals surface area (Å²) in [6.07, 6.45) is 3.73. The molecule has 1 saturated heterocycles. The third kappa shape index (κ3) is 2.33. The van der Waals surface area contributed by atoms with E-state index in [2.05, 4.69) is 25.7 Å². The quantitative estimate of drug-likeness (QED) is 0.707. The van der Waals surface area contributed by atoms with E-state index in [1.54, 1.807) is 0 Å².